The van der Waals surface area contributed by atoms with Crippen molar-refractivity contribution in [1.29, 1.82) is 0 Å². The van der Waals surface area contributed by atoms with Crippen LogP contribution in [0, 0.1) is 17.6 Å². The van der Waals surface area contributed by atoms with Crippen molar-refractivity contribution < 1.29 is 31.8 Å². The van der Waals surface area contributed by atoms with Crippen LogP contribution in [0.4, 0.5) is 23.2 Å². The number of carbonyl (C=O) groups excluding carboxylic acids is 1. The Balaban J connectivity index is 1.38. The molecule has 2 atom stereocenters. The van der Waals surface area contributed by atoms with Crippen LogP contribution in [0.3, 0.4) is 0 Å². The van der Waals surface area contributed by atoms with Gasteiger partial charge >= 0.3 is 0 Å². The summed E-state index contributed by atoms with van der Waals surface area (Å²) < 4.78 is 69.3. The Morgan fingerprint density at radius 3 is 2.52 bits per heavy atom. The largest absolute Gasteiger partial charge is 0.489 e. The van der Waals surface area contributed by atoms with Gasteiger partial charge in [-0.2, -0.15) is 13.2 Å². The number of halogens is 5. The van der Waals surface area contributed by atoms with Gasteiger partial charge in [-0.1, -0.05) is 53.4 Å². The zero-order valence-electron chi connectivity index (χ0n) is 28.4. The molecule has 14 heteroatoms. The smallest absolute Gasteiger partial charge is 0.300 e. The number of morpholine rings is 1. The Bertz CT molecular complexity index is 1760. The van der Waals surface area contributed by atoms with Gasteiger partial charge in [0.25, 0.3) is 11.6 Å². The molecule has 0 saturated carbocycles. The molecule has 0 radical (unpaired) electrons. The first-order valence-corrected chi connectivity index (χ1v) is 17.2. The summed E-state index contributed by atoms with van der Waals surface area (Å²) in [5, 5.41) is 6.85. The van der Waals surface area contributed by atoms with Crippen molar-refractivity contribution in [2.24, 2.45) is 5.92 Å². The standard InChI is InChI=1S/C36H41ClF4N5O3P/c1-21(2)34-22(3)31(35(47)43-28-9-8-26(37)18-27(28)24-7-11-30(42-19-24)36(40,41)50)23(4)46(44(34)5)20-25-6-10-29(33(39)32(25)38)49-17-14-45-12-15-48-16-13-45/h6-11,18-19,21,34H,4,12-17,20,50H2,1-3,5H3,(H,43,47). The van der Waals surface area contributed by atoms with Gasteiger partial charge in [-0.3, -0.25) is 14.7 Å². The summed E-state index contributed by atoms with van der Waals surface area (Å²) in [5.41, 5.74) is -0.970. The number of benzene rings is 2. The molecule has 2 aliphatic rings. The van der Waals surface area contributed by atoms with Crippen LogP contribution in [-0.2, 0) is 21.7 Å². The lowest BCUT2D eigenvalue weighted by atomic mass is 9.88. The van der Waals surface area contributed by atoms with Gasteiger partial charge in [-0.25, -0.2) is 9.40 Å². The highest BCUT2D eigenvalue weighted by Gasteiger charge is 2.38. The molecule has 2 unspecified atom stereocenters. The van der Waals surface area contributed by atoms with E-state index in [-0.39, 0.29) is 47.7 Å². The number of hydrogen-bond donors (Lipinski definition) is 1. The van der Waals surface area contributed by atoms with Crippen LogP contribution in [-0.4, -0.2) is 78.4 Å². The number of nitrogens with zero attached hydrogens (tertiary/aromatic N) is 4. The van der Waals surface area contributed by atoms with Gasteiger partial charge < -0.3 is 19.8 Å². The quantitative estimate of drug-likeness (QED) is 0.162. The Hall–Kier alpha value is -3.54. The van der Waals surface area contributed by atoms with E-state index >= 15 is 8.78 Å². The molecule has 3 heterocycles. The Morgan fingerprint density at radius 1 is 1.16 bits per heavy atom. The number of ether oxygens (including phenoxy) is 2. The molecule has 0 aliphatic carbocycles. The lowest BCUT2D eigenvalue weighted by molar-refractivity contribution is -0.114. The van der Waals surface area contributed by atoms with Crippen molar-refractivity contribution in [2.75, 3.05) is 51.8 Å². The van der Waals surface area contributed by atoms with E-state index in [9.17, 15) is 13.6 Å². The number of rotatable bonds is 11. The van der Waals surface area contributed by atoms with E-state index in [1.54, 1.807) is 23.2 Å². The van der Waals surface area contributed by atoms with Crippen molar-refractivity contribution in [3.05, 3.63) is 100.0 Å². The molecule has 0 bridgehead atoms. The van der Waals surface area contributed by atoms with Crippen LogP contribution >= 0.6 is 20.8 Å². The fourth-order valence-corrected chi connectivity index (χ4v) is 6.79. The maximum Gasteiger partial charge on any atom is 0.300 e. The van der Waals surface area contributed by atoms with Crippen LogP contribution in [0.1, 0.15) is 32.0 Å². The lowest BCUT2D eigenvalue weighted by Crippen LogP contribution is -2.52. The normalized spacial score (nSPS) is 17.9. The minimum Gasteiger partial charge on any atom is -0.489 e. The molecule has 1 aromatic heterocycles. The Morgan fingerprint density at radius 2 is 1.88 bits per heavy atom. The van der Waals surface area contributed by atoms with Gasteiger partial charge in [-0.15, -0.1) is 0 Å². The molecule has 1 N–H and O–H groups in total. The Labute approximate surface area is 297 Å². The van der Waals surface area contributed by atoms with E-state index < -0.39 is 28.9 Å². The van der Waals surface area contributed by atoms with Crippen LogP contribution in [0.2, 0.25) is 5.02 Å². The van der Waals surface area contributed by atoms with E-state index in [0.717, 1.165) is 18.7 Å². The van der Waals surface area contributed by atoms with Gasteiger partial charge in [0.15, 0.2) is 11.6 Å². The monoisotopic (exact) mass is 733 g/mol. The number of nitrogens with one attached hydrogen (secondary N) is 1. The first-order valence-electron chi connectivity index (χ1n) is 16.2. The van der Waals surface area contributed by atoms with E-state index in [4.69, 9.17) is 21.1 Å². The van der Waals surface area contributed by atoms with E-state index in [0.29, 0.717) is 41.6 Å². The summed E-state index contributed by atoms with van der Waals surface area (Å²) in [7, 11) is 3.27. The first kappa shape index (κ1) is 37.7. The second-order valence-corrected chi connectivity index (χ2v) is 13.8. The van der Waals surface area contributed by atoms with Gasteiger partial charge in [-0.05, 0) is 48.7 Å². The molecule has 268 valence electrons. The number of hydrogen-bond acceptors (Lipinski definition) is 7. The van der Waals surface area contributed by atoms with E-state index in [2.05, 4.69) is 21.8 Å². The zero-order valence-corrected chi connectivity index (χ0v) is 30.3. The van der Waals surface area contributed by atoms with Gasteiger partial charge in [0.1, 0.15) is 12.3 Å². The molecule has 5 rings (SSSR count). The number of hydrazine groups is 1. The van der Waals surface area contributed by atoms with Crippen molar-refractivity contribution in [2.45, 2.75) is 39.0 Å². The maximum atomic E-state index is 15.6. The molecule has 0 spiro atoms. The maximum absolute atomic E-state index is 15.6. The van der Waals surface area contributed by atoms with E-state index in [1.165, 1.54) is 39.7 Å². The van der Waals surface area contributed by atoms with Crippen molar-refractivity contribution in [3.8, 4) is 16.9 Å². The Kier molecular flexibility index (Phi) is 11.9. The van der Waals surface area contributed by atoms with Crippen LogP contribution in [0.15, 0.2) is 72.1 Å². The zero-order chi connectivity index (χ0) is 36.3. The van der Waals surface area contributed by atoms with Crippen molar-refractivity contribution in [3.63, 3.8) is 0 Å². The van der Waals surface area contributed by atoms with Gasteiger partial charge in [0, 0.05) is 60.3 Å². The third kappa shape index (κ3) is 8.32. The van der Waals surface area contributed by atoms with Crippen LogP contribution in [0.5, 0.6) is 5.75 Å². The van der Waals surface area contributed by atoms with E-state index in [1.807, 2.05) is 32.8 Å². The highest BCUT2D eigenvalue weighted by molar-refractivity contribution is 7.17. The summed E-state index contributed by atoms with van der Waals surface area (Å²) in [5.74, 6) is -2.77. The minimum atomic E-state index is -3.20. The summed E-state index contributed by atoms with van der Waals surface area (Å²) in [4.78, 5) is 20.1. The number of alkyl halides is 2. The molecule has 1 amide bonds. The number of amides is 1. The molecule has 1 fully saturated rings. The number of anilines is 1. The van der Waals surface area contributed by atoms with Gasteiger partial charge in [0.05, 0.1) is 37.1 Å². The van der Waals surface area contributed by atoms with Crippen molar-refractivity contribution in [1.82, 2.24) is 19.9 Å². The summed E-state index contributed by atoms with van der Waals surface area (Å²) in [6.07, 6.45) is 1.29. The molecular formula is C36H41ClF4N5O3P. The average molecular weight is 734 g/mol. The molecule has 8 nitrogen and oxygen atoms in total. The number of carbonyl (C=O) groups is 1. The third-order valence-electron chi connectivity index (χ3n) is 8.94. The number of aromatic nitrogens is 1. The highest BCUT2D eigenvalue weighted by atomic mass is 35.5. The molecule has 1 saturated heterocycles. The first-order chi connectivity index (χ1) is 23.7. The summed E-state index contributed by atoms with van der Waals surface area (Å²) in [6, 6.07) is 10.1. The molecule has 3 aromatic rings. The fraction of sp³-hybridized carbons (Fsp3) is 0.389. The molecule has 50 heavy (non-hydrogen) atoms. The lowest BCUT2D eigenvalue weighted by Gasteiger charge is -2.47. The number of pyridine rings is 1. The predicted octanol–water partition coefficient (Wildman–Crippen LogP) is 7.47. The second kappa shape index (κ2) is 15.8. The SMILES string of the molecule is C=C1C(C(=O)Nc2ccc(Cl)cc2-c2ccc(C(F)(F)P)nc2)=C(C)C(C(C)C)N(C)N1Cc1ccc(OCCN2CCOCC2)c(F)c1F. The topological polar surface area (TPSA) is 70.2 Å². The summed E-state index contributed by atoms with van der Waals surface area (Å²) in [6.45, 7) is 13.5. The molecule has 2 aliphatic heterocycles. The molecule has 2 aromatic carbocycles. The third-order valence-corrected chi connectivity index (χ3v) is 9.47. The van der Waals surface area contributed by atoms with Crippen LogP contribution < -0.4 is 10.1 Å². The summed E-state index contributed by atoms with van der Waals surface area (Å²) >= 11 is 6.30. The second-order valence-electron chi connectivity index (χ2n) is 12.7. The average Bonchev–Trinajstić information content (AvgIpc) is 3.06. The minimum absolute atomic E-state index is 0.0211. The van der Waals surface area contributed by atoms with Crippen LogP contribution in [0.25, 0.3) is 11.1 Å². The highest BCUT2D eigenvalue weighted by Crippen LogP contribution is 2.39. The van der Waals surface area contributed by atoms with Gasteiger partial charge in [0.2, 0.25) is 5.82 Å². The van der Waals surface area contributed by atoms with Crippen molar-refractivity contribution >= 4 is 32.4 Å². The predicted molar refractivity (Wildman–Crippen MR) is 190 cm³/mol. The fourth-order valence-electron chi connectivity index (χ4n) is 6.45. The molecular weight excluding hydrogens is 693 g/mol. The number of likely N-dealkylation sites (N-methyl/N-ethyl adjacent to an activating group) is 1.